The molecule has 1 aromatic carbocycles. The Hall–Kier alpha value is -2.19. The van der Waals surface area contributed by atoms with Crippen LogP contribution in [0.5, 0.6) is 5.75 Å². The molecule has 0 fully saturated rings. The van der Waals surface area contributed by atoms with Gasteiger partial charge in [0.2, 0.25) is 15.0 Å². The lowest BCUT2D eigenvalue weighted by molar-refractivity contribution is 0.102. The first-order valence-electron chi connectivity index (χ1n) is 7.67. The summed E-state index contributed by atoms with van der Waals surface area (Å²) >= 11 is 5.97. The number of carbonyl (C=O) groups is 1. The summed E-state index contributed by atoms with van der Waals surface area (Å²) in [6.45, 7) is 3.98. The number of anilines is 1. The molecule has 2 aromatic rings. The van der Waals surface area contributed by atoms with Gasteiger partial charge in [0.1, 0.15) is 5.75 Å². The summed E-state index contributed by atoms with van der Waals surface area (Å²) < 4.78 is 29.6. The second kappa shape index (κ2) is 8.26. The van der Waals surface area contributed by atoms with Crippen LogP contribution in [0.15, 0.2) is 35.6 Å². The monoisotopic (exact) mass is 383 g/mol. The van der Waals surface area contributed by atoms with Crippen molar-refractivity contribution in [2.45, 2.75) is 25.4 Å². The fourth-order valence-corrected chi connectivity index (χ4v) is 3.39. The smallest absolute Gasteiger partial charge is 0.276 e. The molecule has 25 heavy (non-hydrogen) atoms. The van der Waals surface area contributed by atoms with E-state index < -0.39 is 20.9 Å². The summed E-state index contributed by atoms with van der Waals surface area (Å²) in [5.41, 5.74) is 0.222. The molecule has 9 heteroatoms. The van der Waals surface area contributed by atoms with E-state index in [0.717, 1.165) is 6.20 Å². The molecule has 0 unspecified atom stereocenters. The number of amides is 1. The van der Waals surface area contributed by atoms with Crippen molar-refractivity contribution in [3.8, 4) is 5.75 Å². The zero-order valence-corrected chi connectivity index (χ0v) is 15.4. The van der Waals surface area contributed by atoms with E-state index in [0.29, 0.717) is 24.5 Å². The van der Waals surface area contributed by atoms with E-state index in [4.69, 9.17) is 16.3 Å². The van der Waals surface area contributed by atoms with E-state index in [1.165, 1.54) is 0 Å². The van der Waals surface area contributed by atoms with Crippen LogP contribution < -0.4 is 10.1 Å². The first kappa shape index (κ1) is 19.1. The van der Waals surface area contributed by atoms with Gasteiger partial charge in [0, 0.05) is 0 Å². The highest BCUT2D eigenvalue weighted by Crippen LogP contribution is 2.25. The molecule has 0 aliphatic rings. The lowest BCUT2D eigenvalue weighted by Crippen LogP contribution is -2.18. The summed E-state index contributed by atoms with van der Waals surface area (Å²) in [5.74, 6) is -0.266. The summed E-state index contributed by atoms with van der Waals surface area (Å²) in [7, 11) is -3.66. The molecule has 1 amide bonds. The third-order valence-corrected chi connectivity index (χ3v) is 5.10. The summed E-state index contributed by atoms with van der Waals surface area (Å²) in [4.78, 5) is 20.1. The zero-order valence-electron chi connectivity index (χ0n) is 13.8. The first-order chi connectivity index (χ1) is 11.9. The molecule has 0 aliphatic heterocycles. The zero-order chi connectivity index (χ0) is 18.4. The number of rotatable bonds is 7. The van der Waals surface area contributed by atoms with Gasteiger partial charge in [-0.05, 0) is 25.5 Å². The van der Waals surface area contributed by atoms with Crippen LogP contribution in [-0.2, 0) is 9.84 Å². The van der Waals surface area contributed by atoms with Crippen molar-refractivity contribution < 1.29 is 17.9 Å². The average molecular weight is 384 g/mol. The molecule has 0 spiro atoms. The minimum Gasteiger partial charge on any atom is -0.492 e. The maximum Gasteiger partial charge on any atom is 0.276 e. The fraction of sp³-hybridized carbons (Fsp3) is 0.312. The van der Waals surface area contributed by atoms with Gasteiger partial charge < -0.3 is 10.1 Å². The van der Waals surface area contributed by atoms with Crippen molar-refractivity contribution in [1.29, 1.82) is 0 Å². The number of nitrogens with one attached hydrogen (secondary N) is 1. The molecule has 7 nitrogen and oxygen atoms in total. The number of benzene rings is 1. The normalized spacial score (nSPS) is 11.2. The van der Waals surface area contributed by atoms with Crippen molar-refractivity contribution in [1.82, 2.24) is 9.97 Å². The number of carbonyl (C=O) groups excluding carboxylic acids is 1. The number of halogens is 1. The number of ether oxygens (including phenoxy) is 1. The highest BCUT2D eigenvalue weighted by Gasteiger charge is 2.22. The SMILES string of the molecule is CCCS(=O)(=O)c1ncc(Cl)c(C(=O)Nc2ccccc2OCC)n1. The molecule has 0 saturated carbocycles. The minimum atomic E-state index is -3.66. The number of aromatic nitrogens is 2. The van der Waals surface area contributed by atoms with Crippen LogP contribution >= 0.6 is 11.6 Å². The Bertz CT molecular complexity index is 871. The van der Waals surface area contributed by atoms with Gasteiger partial charge in [-0.15, -0.1) is 0 Å². The predicted octanol–water partition coefficient (Wildman–Crippen LogP) is 2.96. The van der Waals surface area contributed by atoms with Crippen LogP contribution in [0, 0.1) is 0 Å². The van der Waals surface area contributed by atoms with Gasteiger partial charge in [0.05, 0.1) is 29.3 Å². The largest absolute Gasteiger partial charge is 0.492 e. The summed E-state index contributed by atoms with van der Waals surface area (Å²) in [6, 6.07) is 6.87. The molecule has 0 radical (unpaired) electrons. The average Bonchev–Trinajstić information content (AvgIpc) is 2.57. The first-order valence-corrected chi connectivity index (χ1v) is 9.70. The standard InChI is InChI=1S/C16H18ClN3O4S/c1-3-9-25(22,23)16-18-10-11(17)14(20-16)15(21)19-12-7-5-6-8-13(12)24-4-2/h5-8,10H,3-4,9H2,1-2H3,(H,19,21). The molecular weight excluding hydrogens is 366 g/mol. The number of hydrogen-bond acceptors (Lipinski definition) is 6. The Morgan fingerprint density at radius 1 is 1.28 bits per heavy atom. The Morgan fingerprint density at radius 2 is 2.00 bits per heavy atom. The van der Waals surface area contributed by atoms with Crippen molar-refractivity contribution in [2.24, 2.45) is 0 Å². The Balaban J connectivity index is 2.34. The van der Waals surface area contributed by atoms with Crippen LogP contribution in [0.2, 0.25) is 5.02 Å². The van der Waals surface area contributed by atoms with Crippen molar-refractivity contribution in [2.75, 3.05) is 17.7 Å². The molecule has 1 heterocycles. The maximum atomic E-state index is 12.5. The van der Waals surface area contributed by atoms with E-state index in [2.05, 4.69) is 15.3 Å². The van der Waals surface area contributed by atoms with E-state index in [-0.39, 0.29) is 16.5 Å². The third kappa shape index (κ3) is 4.67. The fourth-order valence-electron chi connectivity index (χ4n) is 2.05. The van der Waals surface area contributed by atoms with Crippen LogP contribution in [0.25, 0.3) is 0 Å². The second-order valence-corrected chi connectivity index (χ2v) is 7.46. The van der Waals surface area contributed by atoms with Gasteiger partial charge in [-0.1, -0.05) is 30.7 Å². The van der Waals surface area contributed by atoms with Crippen LogP contribution in [0.4, 0.5) is 5.69 Å². The maximum absolute atomic E-state index is 12.5. The second-order valence-electron chi connectivity index (χ2n) is 5.05. The van der Waals surface area contributed by atoms with Gasteiger partial charge in [-0.25, -0.2) is 18.4 Å². The lowest BCUT2D eigenvalue weighted by atomic mass is 10.2. The molecule has 0 atom stereocenters. The summed E-state index contributed by atoms with van der Waals surface area (Å²) in [5, 5.41) is 2.17. The van der Waals surface area contributed by atoms with Gasteiger partial charge in [0.15, 0.2) is 5.69 Å². The Morgan fingerprint density at radius 3 is 2.68 bits per heavy atom. The van der Waals surface area contributed by atoms with Gasteiger partial charge in [-0.3, -0.25) is 4.79 Å². The Labute approximate surface area is 151 Å². The highest BCUT2D eigenvalue weighted by atomic mass is 35.5. The molecule has 1 N–H and O–H groups in total. The van der Waals surface area contributed by atoms with E-state index in [1.54, 1.807) is 31.2 Å². The van der Waals surface area contributed by atoms with E-state index in [9.17, 15) is 13.2 Å². The van der Waals surface area contributed by atoms with Crippen molar-refractivity contribution >= 4 is 33.0 Å². The van der Waals surface area contributed by atoms with Crippen molar-refractivity contribution in [3.05, 3.63) is 41.2 Å². The molecular formula is C16H18ClN3O4S. The van der Waals surface area contributed by atoms with Crippen LogP contribution in [-0.4, -0.2) is 36.7 Å². The molecule has 134 valence electrons. The van der Waals surface area contributed by atoms with Gasteiger partial charge in [0.25, 0.3) is 5.91 Å². The quantitative estimate of drug-likeness (QED) is 0.738. The topological polar surface area (TPSA) is 98.2 Å². The third-order valence-electron chi connectivity index (χ3n) is 3.12. The van der Waals surface area contributed by atoms with E-state index >= 15 is 0 Å². The molecule has 2 rings (SSSR count). The van der Waals surface area contributed by atoms with Crippen LogP contribution in [0.3, 0.4) is 0 Å². The molecule has 0 aliphatic carbocycles. The predicted molar refractivity (Wildman–Crippen MR) is 95.0 cm³/mol. The van der Waals surface area contributed by atoms with Crippen molar-refractivity contribution in [3.63, 3.8) is 0 Å². The number of hydrogen-bond donors (Lipinski definition) is 1. The lowest BCUT2D eigenvalue weighted by Gasteiger charge is -2.11. The molecule has 0 bridgehead atoms. The van der Waals surface area contributed by atoms with Gasteiger partial charge in [-0.2, -0.15) is 0 Å². The number of para-hydroxylation sites is 2. The van der Waals surface area contributed by atoms with Gasteiger partial charge >= 0.3 is 0 Å². The highest BCUT2D eigenvalue weighted by molar-refractivity contribution is 7.91. The number of nitrogens with zero attached hydrogens (tertiary/aromatic N) is 2. The van der Waals surface area contributed by atoms with Crippen LogP contribution in [0.1, 0.15) is 30.8 Å². The Kier molecular flexibility index (Phi) is 6.33. The molecule has 1 aromatic heterocycles. The van der Waals surface area contributed by atoms with E-state index in [1.807, 2.05) is 6.92 Å². The number of sulfone groups is 1. The summed E-state index contributed by atoms with van der Waals surface area (Å²) in [6.07, 6.45) is 1.53. The molecule has 0 saturated heterocycles. The minimum absolute atomic E-state index is 0.0400.